The van der Waals surface area contributed by atoms with Crippen molar-refractivity contribution in [3.63, 3.8) is 0 Å². The van der Waals surface area contributed by atoms with Crippen molar-refractivity contribution in [2.45, 2.75) is 51.5 Å². The minimum absolute atomic E-state index is 0.00827. The van der Waals surface area contributed by atoms with E-state index in [0.29, 0.717) is 23.8 Å². The zero-order valence-corrected chi connectivity index (χ0v) is 19.3. The number of benzene rings is 2. The van der Waals surface area contributed by atoms with Gasteiger partial charge in [-0.2, -0.15) is 0 Å². The zero-order chi connectivity index (χ0) is 21.9. The maximum atomic E-state index is 12.7. The summed E-state index contributed by atoms with van der Waals surface area (Å²) in [5.74, 6) is 1.46. The predicted molar refractivity (Wildman–Crippen MR) is 124 cm³/mol. The van der Waals surface area contributed by atoms with Crippen molar-refractivity contribution in [3.8, 4) is 0 Å². The van der Waals surface area contributed by atoms with Crippen LogP contribution in [0.1, 0.15) is 55.6 Å². The van der Waals surface area contributed by atoms with E-state index >= 15 is 0 Å². The van der Waals surface area contributed by atoms with Crippen LogP contribution in [0, 0.1) is 11.8 Å². The van der Waals surface area contributed by atoms with Gasteiger partial charge in [-0.3, -0.25) is 4.79 Å². The average molecular weight is 428 g/mol. The molecule has 0 spiro atoms. The number of ketones is 1. The molecule has 30 heavy (non-hydrogen) atoms. The van der Waals surface area contributed by atoms with Crippen LogP contribution in [-0.2, 0) is 22.0 Å². The lowest BCUT2D eigenvalue weighted by Gasteiger charge is -2.36. The van der Waals surface area contributed by atoms with Crippen LogP contribution >= 0.6 is 0 Å². The van der Waals surface area contributed by atoms with Crippen LogP contribution in [0.25, 0.3) is 0 Å². The number of carbonyl (C=O) groups is 1. The van der Waals surface area contributed by atoms with Gasteiger partial charge in [0.2, 0.25) is 0 Å². The maximum Gasteiger partial charge on any atom is 0.167 e. The molecule has 2 aromatic carbocycles. The first kappa shape index (κ1) is 22.5. The van der Waals surface area contributed by atoms with Crippen LogP contribution < -0.4 is 4.90 Å². The van der Waals surface area contributed by atoms with Gasteiger partial charge in [-0.1, -0.05) is 50.2 Å². The van der Waals surface area contributed by atoms with Gasteiger partial charge in [-0.05, 0) is 55.4 Å². The highest BCUT2D eigenvalue weighted by atomic mass is 32.2. The summed E-state index contributed by atoms with van der Waals surface area (Å²) in [6.45, 7) is 10.2. The molecule has 1 aliphatic heterocycles. The zero-order valence-electron chi connectivity index (χ0n) is 18.5. The first-order valence-electron chi connectivity index (χ1n) is 10.8. The third kappa shape index (κ3) is 5.72. The quantitative estimate of drug-likeness (QED) is 0.589. The highest BCUT2D eigenvalue weighted by molar-refractivity contribution is 7.91. The molecule has 1 fully saturated rings. The molecule has 1 saturated heterocycles. The largest absolute Gasteiger partial charge is 0.371 e. The van der Waals surface area contributed by atoms with E-state index in [1.54, 1.807) is 38.1 Å². The molecule has 0 amide bonds. The van der Waals surface area contributed by atoms with Gasteiger partial charge in [0.1, 0.15) is 0 Å². The molecule has 0 radical (unpaired) electrons. The van der Waals surface area contributed by atoms with Crippen molar-refractivity contribution in [2.75, 3.05) is 18.0 Å². The Morgan fingerprint density at radius 2 is 1.47 bits per heavy atom. The number of hydrogen-bond acceptors (Lipinski definition) is 4. The van der Waals surface area contributed by atoms with Crippen molar-refractivity contribution >= 4 is 21.3 Å². The summed E-state index contributed by atoms with van der Waals surface area (Å²) in [7, 11) is -3.14. The Kier molecular flexibility index (Phi) is 7.02. The van der Waals surface area contributed by atoms with Gasteiger partial charge >= 0.3 is 0 Å². The third-order valence-electron chi connectivity index (χ3n) is 5.90. The van der Waals surface area contributed by atoms with Gasteiger partial charge in [0.15, 0.2) is 15.6 Å². The second kappa shape index (κ2) is 9.34. The SMILES string of the molecule is CC(C)S(=O)(=O)Cc1ccc(C(=O)Cc2ccc(N3C[C@H](C)C[C@H](C)C3)cc2)cc1. The fourth-order valence-electron chi connectivity index (χ4n) is 4.17. The molecule has 0 bridgehead atoms. The van der Waals surface area contributed by atoms with Gasteiger partial charge in [-0.25, -0.2) is 8.42 Å². The van der Waals surface area contributed by atoms with Crippen LogP contribution in [-0.4, -0.2) is 32.5 Å². The molecule has 2 aromatic rings. The molecule has 5 heteroatoms. The molecule has 0 unspecified atom stereocenters. The van der Waals surface area contributed by atoms with E-state index in [1.165, 1.54) is 12.1 Å². The number of nitrogens with zero attached hydrogens (tertiary/aromatic N) is 1. The van der Waals surface area contributed by atoms with Gasteiger partial charge in [0.25, 0.3) is 0 Å². The molecule has 2 atom stereocenters. The minimum Gasteiger partial charge on any atom is -0.371 e. The second-order valence-corrected chi connectivity index (χ2v) is 11.7. The number of hydrogen-bond donors (Lipinski definition) is 0. The fraction of sp³-hybridized carbons (Fsp3) is 0.480. The Labute approximate surface area is 181 Å². The summed E-state index contributed by atoms with van der Waals surface area (Å²) in [5, 5.41) is -0.404. The molecule has 4 nitrogen and oxygen atoms in total. The minimum atomic E-state index is -3.14. The van der Waals surface area contributed by atoms with Crippen LogP contribution in [0.3, 0.4) is 0 Å². The van der Waals surface area contributed by atoms with Crippen LogP contribution in [0.4, 0.5) is 5.69 Å². The van der Waals surface area contributed by atoms with E-state index in [-0.39, 0.29) is 11.5 Å². The lowest BCUT2D eigenvalue weighted by molar-refractivity contribution is 0.0993. The summed E-state index contributed by atoms with van der Waals surface area (Å²) in [4.78, 5) is 15.1. The maximum absolute atomic E-state index is 12.7. The first-order valence-corrected chi connectivity index (χ1v) is 12.5. The number of Topliss-reactive ketones (excluding diaryl/α,β-unsaturated/α-hetero) is 1. The summed E-state index contributed by atoms with van der Waals surface area (Å²) in [6, 6.07) is 15.3. The molecule has 0 aliphatic carbocycles. The van der Waals surface area contributed by atoms with Crippen molar-refractivity contribution < 1.29 is 13.2 Å². The molecule has 1 aliphatic rings. The summed E-state index contributed by atoms with van der Waals surface area (Å²) in [5.41, 5.74) is 3.55. The van der Waals surface area contributed by atoms with E-state index in [9.17, 15) is 13.2 Å². The van der Waals surface area contributed by atoms with E-state index < -0.39 is 15.1 Å². The molecular formula is C25H33NO3S. The van der Waals surface area contributed by atoms with Gasteiger partial charge in [0.05, 0.1) is 11.0 Å². The van der Waals surface area contributed by atoms with Crippen LogP contribution in [0.2, 0.25) is 0 Å². The van der Waals surface area contributed by atoms with Gasteiger partial charge < -0.3 is 4.90 Å². The normalized spacial score (nSPS) is 19.8. The topological polar surface area (TPSA) is 54.5 Å². The predicted octanol–water partition coefficient (Wildman–Crippen LogP) is 4.92. The Morgan fingerprint density at radius 3 is 2.00 bits per heavy atom. The Balaban J connectivity index is 1.62. The number of rotatable bonds is 7. The molecular weight excluding hydrogens is 394 g/mol. The Bertz CT molecular complexity index is 952. The average Bonchev–Trinajstić information content (AvgIpc) is 2.68. The van der Waals surface area contributed by atoms with Crippen molar-refractivity contribution in [2.24, 2.45) is 11.8 Å². The Hall–Kier alpha value is -2.14. The van der Waals surface area contributed by atoms with Gasteiger partial charge in [-0.15, -0.1) is 0 Å². The molecule has 1 heterocycles. The standard InChI is InChI=1S/C25H33NO3S/c1-18(2)30(28,29)17-22-5-9-23(10-6-22)25(27)14-21-7-11-24(12-8-21)26-15-19(3)13-20(4)16-26/h5-12,18-20H,13-17H2,1-4H3/t19-,20+. The number of sulfone groups is 1. The highest BCUT2D eigenvalue weighted by Gasteiger charge is 2.22. The summed E-state index contributed by atoms with van der Waals surface area (Å²) >= 11 is 0. The fourth-order valence-corrected chi connectivity index (χ4v) is 5.16. The van der Waals surface area contributed by atoms with E-state index in [2.05, 4.69) is 30.9 Å². The smallest absolute Gasteiger partial charge is 0.167 e. The molecule has 0 N–H and O–H groups in total. The van der Waals surface area contributed by atoms with Gasteiger partial charge in [0, 0.05) is 30.8 Å². The number of piperidine rings is 1. The monoisotopic (exact) mass is 427 g/mol. The highest BCUT2D eigenvalue weighted by Crippen LogP contribution is 2.26. The summed E-state index contributed by atoms with van der Waals surface area (Å²) in [6.07, 6.45) is 1.63. The number of anilines is 1. The molecule has 3 rings (SSSR count). The Morgan fingerprint density at radius 1 is 0.933 bits per heavy atom. The third-order valence-corrected chi connectivity index (χ3v) is 8.07. The first-order chi connectivity index (χ1) is 14.1. The van der Waals surface area contributed by atoms with Crippen molar-refractivity contribution in [3.05, 3.63) is 65.2 Å². The second-order valence-electron chi connectivity index (χ2n) is 9.17. The molecule has 0 aromatic heterocycles. The molecule has 162 valence electrons. The molecule has 0 saturated carbocycles. The van der Waals surface area contributed by atoms with Crippen molar-refractivity contribution in [1.29, 1.82) is 0 Å². The lowest BCUT2D eigenvalue weighted by atomic mass is 9.91. The lowest BCUT2D eigenvalue weighted by Crippen LogP contribution is -2.38. The summed E-state index contributed by atoms with van der Waals surface area (Å²) < 4.78 is 24.1. The van der Waals surface area contributed by atoms with E-state index in [0.717, 1.165) is 24.2 Å². The van der Waals surface area contributed by atoms with E-state index in [1.807, 2.05) is 12.1 Å². The van der Waals surface area contributed by atoms with Crippen molar-refractivity contribution in [1.82, 2.24) is 0 Å². The van der Waals surface area contributed by atoms with Crippen LogP contribution in [0.15, 0.2) is 48.5 Å². The van der Waals surface area contributed by atoms with E-state index in [4.69, 9.17) is 0 Å². The van der Waals surface area contributed by atoms with Crippen LogP contribution in [0.5, 0.6) is 0 Å². The number of carbonyl (C=O) groups excluding carboxylic acids is 1.